The van der Waals surface area contributed by atoms with Crippen LogP contribution >= 0.6 is 24.0 Å². The molecule has 7 heteroatoms. The maximum absolute atomic E-state index is 5.64. The third kappa shape index (κ3) is 11.5. The molecule has 0 aliphatic carbocycles. The fourth-order valence-electron chi connectivity index (χ4n) is 3.36. The third-order valence-electron chi connectivity index (χ3n) is 4.89. The van der Waals surface area contributed by atoms with E-state index in [0.717, 1.165) is 71.3 Å². The van der Waals surface area contributed by atoms with Gasteiger partial charge in [0.15, 0.2) is 5.96 Å². The van der Waals surface area contributed by atoms with Gasteiger partial charge in [-0.1, -0.05) is 37.6 Å². The summed E-state index contributed by atoms with van der Waals surface area (Å²) in [6.45, 7) is 14.3. The number of morpholine rings is 1. The van der Waals surface area contributed by atoms with Crippen LogP contribution in [0.3, 0.4) is 0 Å². The van der Waals surface area contributed by atoms with Crippen LogP contribution in [0.15, 0.2) is 29.3 Å². The van der Waals surface area contributed by atoms with Crippen molar-refractivity contribution in [2.45, 2.75) is 59.2 Å². The van der Waals surface area contributed by atoms with Crippen LogP contribution in [-0.2, 0) is 22.6 Å². The van der Waals surface area contributed by atoms with Crippen molar-refractivity contribution < 1.29 is 9.47 Å². The number of nitrogens with one attached hydrogen (secondary N) is 2. The molecule has 1 atom stereocenters. The van der Waals surface area contributed by atoms with Gasteiger partial charge in [-0.3, -0.25) is 4.90 Å². The number of hydrogen-bond donors (Lipinski definition) is 2. The zero-order valence-corrected chi connectivity index (χ0v) is 21.3. The molecule has 0 bridgehead atoms. The molecule has 2 N–H and O–H groups in total. The van der Waals surface area contributed by atoms with Crippen molar-refractivity contribution in [3.63, 3.8) is 0 Å². The number of nitrogens with zero attached hydrogens (tertiary/aromatic N) is 2. The Labute approximate surface area is 200 Å². The normalized spacial score (nSPS) is 17.4. The van der Waals surface area contributed by atoms with Crippen LogP contribution in [0.25, 0.3) is 0 Å². The molecule has 0 radical (unpaired) electrons. The Morgan fingerprint density at radius 2 is 2.00 bits per heavy atom. The van der Waals surface area contributed by atoms with Gasteiger partial charge in [-0.2, -0.15) is 0 Å². The van der Waals surface area contributed by atoms with E-state index in [1.807, 2.05) is 0 Å². The van der Waals surface area contributed by atoms with Gasteiger partial charge < -0.3 is 20.1 Å². The second-order valence-corrected chi connectivity index (χ2v) is 7.68. The summed E-state index contributed by atoms with van der Waals surface area (Å²) in [7, 11) is 0. The number of rotatable bonds is 12. The summed E-state index contributed by atoms with van der Waals surface area (Å²) >= 11 is 0. The summed E-state index contributed by atoms with van der Waals surface area (Å²) in [4.78, 5) is 7.21. The summed E-state index contributed by atoms with van der Waals surface area (Å²) in [6.07, 6.45) is 3.63. The molecule has 6 nitrogen and oxygen atoms in total. The average Bonchev–Trinajstić information content (AvgIpc) is 2.71. The van der Waals surface area contributed by atoms with Gasteiger partial charge in [0.25, 0.3) is 0 Å². The number of ether oxygens (including phenoxy) is 2. The Balaban J connectivity index is 0.00000450. The molecule has 0 saturated carbocycles. The van der Waals surface area contributed by atoms with E-state index in [2.05, 4.69) is 60.6 Å². The minimum Gasteiger partial charge on any atom is -0.381 e. The highest BCUT2D eigenvalue weighted by Crippen LogP contribution is 2.12. The quantitative estimate of drug-likeness (QED) is 0.186. The first kappa shape index (κ1) is 27.1. The highest BCUT2D eigenvalue weighted by molar-refractivity contribution is 14.0. The van der Waals surface area contributed by atoms with Crippen LogP contribution in [0.1, 0.15) is 51.2 Å². The molecule has 0 amide bonds. The van der Waals surface area contributed by atoms with Crippen molar-refractivity contribution in [3.8, 4) is 0 Å². The van der Waals surface area contributed by atoms with Gasteiger partial charge in [0, 0.05) is 45.9 Å². The first-order valence-electron chi connectivity index (χ1n) is 11.2. The number of guanidine groups is 1. The number of hydrogen-bond acceptors (Lipinski definition) is 4. The molecule has 1 aromatic rings. The third-order valence-corrected chi connectivity index (χ3v) is 4.89. The maximum atomic E-state index is 5.64. The van der Waals surface area contributed by atoms with E-state index in [4.69, 9.17) is 14.5 Å². The summed E-state index contributed by atoms with van der Waals surface area (Å²) in [5.41, 5.74) is 2.58. The minimum absolute atomic E-state index is 0. The van der Waals surface area contributed by atoms with Crippen molar-refractivity contribution in [2.75, 3.05) is 46.0 Å². The van der Waals surface area contributed by atoms with Gasteiger partial charge in [0.05, 0.1) is 19.3 Å². The lowest BCUT2D eigenvalue weighted by molar-refractivity contribution is -0.0212. The van der Waals surface area contributed by atoms with Gasteiger partial charge in [-0.15, -0.1) is 24.0 Å². The van der Waals surface area contributed by atoms with Crippen molar-refractivity contribution in [2.24, 2.45) is 4.99 Å². The first-order chi connectivity index (χ1) is 14.2. The fourth-order valence-corrected chi connectivity index (χ4v) is 3.36. The summed E-state index contributed by atoms with van der Waals surface area (Å²) < 4.78 is 11.3. The second-order valence-electron chi connectivity index (χ2n) is 7.68. The van der Waals surface area contributed by atoms with Gasteiger partial charge in [0.2, 0.25) is 0 Å². The SMILES string of the molecule is CCCCOCCCNC(=NCc1cccc(CN2CCOC(C)C2)c1)NCC.I. The number of benzene rings is 1. The van der Waals surface area contributed by atoms with Crippen molar-refractivity contribution in [1.29, 1.82) is 0 Å². The zero-order valence-electron chi connectivity index (χ0n) is 19.0. The first-order valence-corrected chi connectivity index (χ1v) is 11.2. The molecule has 0 aromatic heterocycles. The lowest BCUT2D eigenvalue weighted by Crippen LogP contribution is -2.40. The predicted molar refractivity (Wildman–Crippen MR) is 136 cm³/mol. The van der Waals surface area contributed by atoms with E-state index in [-0.39, 0.29) is 24.0 Å². The molecule has 1 saturated heterocycles. The van der Waals surface area contributed by atoms with Crippen molar-refractivity contribution in [3.05, 3.63) is 35.4 Å². The van der Waals surface area contributed by atoms with E-state index >= 15 is 0 Å². The van der Waals surface area contributed by atoms with Gasteiger partial charge in [-0.25, -0.2) is 4.99 Å². The van der Waals surface area contributed by atoms with Crippen LogP contribution in [0.4, 0.5) is 0 Å². The fraction of sp³-hybridized carbons (Fsp3) is 0.696. The van der Waals surface area contributed by atoms with Gasteiger partial charge in [-0.05, 0) is 37.8 Å². The molecule has 30 heavy (non-hydrogen) atoms. The topological polar surface area (TPSA) is 58.1 Å². The van der Waals surface area contributed by atoms with E-state index in [0.29, 0.717) is 12.6 Å². The molecular weight excluding hydrogens is 491 g/mol. The maximum Gasteiger partial charge on any atom is 0.191 e. The summed E-state index contributed by atoms with van der Waals surface area (Å²) in [6, 6.07) is 8.77. The molecular formula is C23H41IN4O2. The van der Waals surface area contributed by atoms with E-state index in [1.165, 1.54) is 17.5 Å². The smallest absolute Gasteiger partial charge is 0.191 e. The van der Waals surface area contributed by atoms with E-state index < -0.39 is 0 Å². The van der Waals surface area contributed by atoms with Crippen molar-refractivity contribution >= 4 is 29.9 Å². The lowest BCUT2D eigenvalue weighted by atomic mass is 10.1. The molecule has 0 spiro atoms. The average molecular weight is 533 g/mol. The van der Waals surface area contributed by atoms with Crippen LogP contribution in [0.5, 0.6) is 0 Å². The Hall–Kier alpha value is -0.900. The zero-order chi connectivity index (χ0) is 20.7. The van der Waals surface area contributed by atoms with E-state index in [1.54, 1.807) is 0 Å². The Bertz CT molecular complexity index is 600. The Kier molecular flexibility index (Phi) is 15.2. The monoisotopic (exact) mass is 532 g/mol. The standard InChI is InChI=1S/C23H40N4O2.HI/c1-4-6-13-28-14-8-11-25-23(24-5-2)26-17-21-9-7-10-22(16-21)19-27-12-15-29-20(3)18-27;/h7,9-10,16,20H,4-6,8,11-15,17-19H2,1-3H3,(H2,24,25,26);1H. The lowest BCUT2D eigenvalue weighted by Gasteiger charge is -2.31. The van der Waals surface area contributed by atoms with Crippen molar-refractivity contribution in [1.82, 2.24) is 15.5 Å². The highest BCUT2D eigenvalue weighted by Gasteiger charge is 2.16. The predicted octanol–water partition coefficient (Wildman–Crippen LogP) is 3.79. The van der Waals surface area contributed by atoms with Crippen LogP contribution < -0.4 is 10.6 Å². The van der Waals surface area contributed by atoms with E-state index in [9.17, 15) is 0 Å². The molecule has 172 valence electrons. The number of aliphatic imine (C=N–C) groups is 1. The molecule has 1 aliphatic heterocycles. The molecule has 1 aromatic carbocycles. The molecule has 2 rings (SSSR count). The largest absolute Gasteiger partial charge is 0.381 e. The highest BCUT2D eigenvalue weighted by atomic mass is 127. The molecule has 1 unspecified atom stereocenters. The Morgan fingerprint density at radius 3 is 2.77 bits per heavy atom. The summed E-state index contributed by atoms with van der Waals surface area (Å²) in [5.74, 6) is 0.869. The molecule has 1 heterocycles. The van der Waals surface area contributed by atoms with Gasteiger partial charge in [0.1, 0.15) is 0 Å². The minimum atomic E-state index is 0. The molecule has 1 aliphatic rings. The van der Waals surface area contributed by atoms with Crippen LogP contribution in [0, 0.1) is 0 Å². The van der Waals surface area contributed by atoms with Gasteiger partial charge >= 0.3 is 0 Å². The second kappa shape index (κ2) is 16.8. The molecule has 1 fully saturated rings. The van der Waals surface area contributed by atoms with Crippen LogP contribution in [-0.4, -0.2) is 63.0 Å². The van der Waals surface area contributed by atoms with Crippen LogP contribution in [0.2, 0.25) is 0 Å². The Morgan fingerprint density at radius 1 is 1.20 bits per heavy atom. The summed E-state index contributed by atoms with van der Waals surface area (Å²) in [5, 5.41) is 6.73. The number of unbranched alkanes of at least 4 members (excludes halogenated alkanes) is 1. The number of halogens is 1.